The first-order valence-corrected chi connectivity index (χ1v) is 6.93. The maximum Gasteiger partial charge on any atom is 0.336 e. The first kappa shape index (κ1) is 12.7. The smallest absolute Gasteiger partial charge is 0.336 e. The molecule has 3 heteroatoms. The fraction of sp³-hybridized carbons (Fsp3) is 0.235. The average Bonchev–Trinajstić information content (AvgIpc) is 3.02. The van der Waals surface area contributed by atoms with Crippen LogP contribution in [-0.2, 0) is 0 Å². The van der Waals surface area contributed by atoms with Gasteiger partial charge in [0.25, 0.3) is 0 Å². The van der Waals surface area contributed by atoms with Crippen LogP contribution in [0.4, 0.5) is 5.69 Å². The molecule has 1 aliphatic rings. The monoisotopic (exact) mass is 267 g/mol. The van der Waals surface area contributed by atoms with Crippen LogP contribution in [0.25, 0.3) is 11.1 Å². The van der Waals surface area contributed by atoms with Gasteiger partial charge in [0.15, 0.2) is 0 Å². The lowest BCUT2D eigenvalue weighted by Crippen LogP contribution is -2.17. The molecule has 1 aliphatic heterocycles. The van der Waals surface area contributed by atoms with Gasteiger partial charge >= 0.3 is 5.97 Å². The van der Waals surface area contributed by atoms with Crippen LogP contribution in [0.2, 0.25) is 0 Å². The van der Waals surface area contributed by atoms with Crippen molar-refractivity contribution in [1.82, 2.24) is 0 Å². The van der Waals surface area contributed by atoms with Crippen LogP contribution >= 0.6 is 0 Å². The Morgan fingerprint density at radius 2 is 1.60 bits per heavy atom. The van der Waals surface area contributed by atoms with Gasteiger partial charge in [-0.15, -0.1) is 0 Å². The number of anilines is 1. The zero-order valence-corrected chi connectivity index (χ0v) is 11.2. The molecule has 102 valence electrons. The molecular formula is C17H17NO2. The normalized spacial score (nSPS) is 14.5. The lowest BCUT2D eigenvalue weighted by molar-refractivity contribution is 0.0697. The van der Waals surface area contributed by atoms with E-state index in [1.807, 2.05) is 24.3 Å². The van der Waals surface area contributed by atoms with Crippen molar-refractivity contribution in [1.29, 1.82) is 0 Å². The molecule has 0 saturated carbocycles. The Morgan fingerprint density at radius 3 is 2.25 bits per heavy atom. The second kappa shape index (κ2) is 5.37. The number of carboxylic acid groups (broad SMARTS) is 1. The molecule has 20 heavy (non-hydrogen) atoms. The van der Waals surface area contributed by atoms with E-state index in [1.165, 1.54) is 18.5 Å². The summed E-state index contributed by atoms with van der Waals surface area (Å²) in [6, 6.07) is 15.3. The third-order valence-electron chi connectivity index (χ3n) is 3.81. The topological polar surface area (TPSA) is 40.5 Å². The predicted molar refractivity (Wildman–Crippen MR) is 80.3 cm³/mol. The van der Waals surface area contributed by atoms with Crippen LogP contribution in [0.1, 0.15) is 23.2 Å². The minimum Gasteiger partial charge on any atom is -0.478 e. The van der Waals surface area contributed by atoms with Crippen LogP contribution in [0, 0.1) is 0 Å². The number of carboxylic acids is 1. The van der Waals surface area contributed by atoms with Gasteiger partial charge < -0.3 is 10.0 Å². The Morgan fingerprint density at radius 1 is 0.950 bits per heavy atom. The SMILES string of the molecule is O=C(O)c1ccccc1-c1ccc(N2CCCC2)cc1. The number of aromatic carboxylic acids is 1. The number of rotatable bonds is 3. The number of hydrogen-bond acceptors (Lipinski definition) is 2. The van der Waals surface area contributed by atoms with Gasteiger partial charge in [-0.3, -0.25) is 0 Å². The molecule has 3 rings (SSSR count). The summed E-state index contributed by atoms with van der Waals surface area (Å²) in [5.74, 6) is -0.885. The van der Waals surface area contributed by atoms with E-state index in [9.17, 15) is 9.90 Å². The van der Waals surface area contributed by atoms with Crippen LogP contribution in [0.5, 0.6) is 0 Å². The van der Waals surface area contributed by atoms with Gasteiger partial charge in [0.2, 0.25) is 0 Å². The quantitative estimate of drug-likeness (QED) is 0.922. The van der Waals surface area contributed by atoms with Crippen LogP contribution in [0.15, 0.2) is 48.5 Å². The maximum absolute atomic E-state index is 11.3. The molecule has 1 fully saturated rings. The van der Waals surface area contributed by atoms with E-state index in [4.69, 9.17) is 0 Å². The maximum atomic E-state index is 11.3. The minimum atomic E-state index is -0.885. The van der Waals surface area contributed by atoms with Crippen molar-refractivity contribution in [3.63, 3.8) is 0 Å². The van der Waals surface area contributed by atoms with Crippen molar-refractivity contribution in [2.24, 2.45) is 0 Å². The molecule has 0 spiro atoms. The van der Waals surface area contributed by atoms with E-state index in [-0.39, 0.29) is 0 Å². The third-order valence-corrected chi connectivity index (χ3v) is 3.81. The second-order valence-electron chi connectivity index (χ2n) is 5.09. The highest BCUT2D eigenvalue weighted by Crippen LogP contribution is 2.27. The lowest BCUT2D eigenvalue weighted by Gasteiger charge is -2.18. The predicted octanol–water partition coefficient (Wildman–Crippen LogP) is 3.65. The number of benzene rings is 2. The Hall–Kier alpha value is -2.29. The second-order valence-corrected chi connectivity index (χ2v) is 5.09. The molecule has 1 saturated heterocycles. The lowest BCUT2D eigenvalue weighted by atomic mass is 9.99. The van der Waals surface area contributed by atoms with Crippen LogP contribution in [-0.4, -0.2) is 24.2 Å². The van der Waals surface area contributed by atoms with Crippen molar-refractivity contribution >= 4 is 11.7 Å². The summed E-state index contributed by atoms with van der Waals surface area (Å²) in [5.41, 5.74) is 3.29. The van der Waals surface area contributed by atoms with Crippen molar-refractivity contribution in [3.05, 3.63) is 54.1 Å². The molecule has 0 amide bonds. The van der Waals surface area contributed by atoms with Crippen LogP contribution < -0.4 is 4.90 Å². The van der Waals surface area contributed by atoms with E-state index >= 15 is 0 Å². The van der Waals surface area contributed by atoms with E-state index in [1.54, 1.807) is 12.1 Å². The number of hydrogen-bond donors (Lipinski definition) is 1. The van der Waals surface area contributed by atoms with E-state index in [0.717, 1.165) is 24.2 Å². The van der Waals surface area contributed by atoms with E-state index < -0.39 is 5.97 Å². The first-order valence-electron chi connectivity index (χ1n) is 6.93. The van der Waals surface area contributed by atoms with E-state index in [0.29, 0.717) is 5.56 Å². The fourth-order valence-corrected chi connectivity index (χ4v) is 2.75. The molecule has 0 aromatic heterocycles. The molecule has 0 atom stereocenters. The summed E-state index contributed by atoms with van der Waals surface area (Å²) in [4.78, 5) is 13.6. The summed E-state index contributed by atoms with van der Waals surface area (Å²) in [6.45, 7) is 2.23. The highest BCUT2D eigenvalue weighted by Gasteiger charge is 2.13. The summed E-state index contributed by atoms with van der Waals surface area (Å²) in [6.07, 6.45) is 2.51. The molecular weight excluding hydrogens is 250 g/mol. The van der Waals surface area contributed by atoms with Gasteiger partial charge in [-0.05, 0) is 42.2 Å². The number of nitrogens with zero attached hydrogens (tertiary/aromatic N) is 1. The molecule has 0 radical (unpaired) electrons. The molecule has 0 bridgehead atoms. The fourth-order valence-electron chi connectivity index (χ4n) is 2.75. The summed E-state index contributed by atoms with van der Waals surface area (Å²) < 4.78 is 0. The van der Waals surface area contributed by atoms with Gasteiger partial charge in [-0.1, -0.05) is 30.3 Å². The third kappa shape index (κ3) is 2.39. The summed E-state index contributed by atoms with van der Waals surface area (Å²) in [7, 11) is 0. The molecule has 2 aromatic rings. The van der Waals surface area contributed by atoms with Gasteiger partial charge in [0, 0.05) is 18.8 Å². The van der Waals surface area contributed by atoms with Gasteiger partial charge in [0.05, 0.1) is 5.56 Å². The molecule has 0 unspecified atom stereocenters. The highest BCUT2D eigenvalue weighted by molar-refractivity contribution is 5.96. The van der Waals surface area contributed by atoms with Crippen molar-refractivity contribution in [2.75, 3.05) is 18.0 Å². The van der Waals surface area contributed by atoms with Crippen molar-refractivity contribution < 1.29 is 9.90 Å². The summed E-state index contributed by atoms with van der Waals surface area (Å²) in [5, 5.41) is 9.25. The Kier molecular flexibility index (Phi) is 3.42. The van der Waals surface area contributed by atoms with Crippen molar-refractivity contribution in [2.45, 2.75) is 12.8 Å². The zero-order valence-electron chi connectivity index (χ0n) is 11.2. The molecule has 2 aromatic carbocycles. The molecule has 0 aliphatic carbocycles. The Bertz CT molecular complexity index is 613. The van der Waals surface area contributed by atoms with Gasteiger partial charge in [-0.2, -0.15) is 0 Å². The van der Waals surface area contributed by atoms with E-state index in [2.05, 4.69) is 17.0 Å². The van der Waals surface area contributed by atoms with Gasteiger partial charge in [-0.25, -0.2) is 4.79 Å². The van der Waals surface area contributed by atoms with Crippen molar-refractivity contribution in [3.8, 4) is 11.1 Å². The average molecular weight is 267 g/mol. The molecule has 3 nitrogen and oxygen atoms in total. The zero-order chi connectivity index (χ0) is 13.9. The number of carbonyl (C=O) groups is 1. The summed E-state index contributed by atoms with van der Waals surface area (Å²) >= 11 is 0. The largest absolute Gasteiger partial charge is 0.478 e. The Balaban J connectivity index is 1.93. The standard InChI is InChI=1S/C17H17NO2/c19-17(20)16-6-2-1-5-15(16)13-7-9-14(10-8-13)18-11-3-4-12-18/h1-2,5-10H,3-4,11-12H2,(H,19,20). The molecule has 1 heterocycles. The van der Waals surface area contributed by atoms with Crippen LogP contribution in [0.3, 0.4) is 0 Å². The highest BCUT2D eigenvalue weighted by atomic mass is 16.4. The first-order chi connectivity index (χ1) is 9.75. The molecule has 1 N–H and O–H groups in total. The van der Waals surface area contributed by atoms with Gasteiger partial charge in [0.1, 0.15) is 0 Å². The minimum absolute atomic E-state index is 0.349. The Labute approximate surface area is 118 Å².